The summed E-state index contributed by atoms with van der Waals surface area (Å²) in [7, 11) is 0. The Morgan fingerprint density at radius 3 is 2.31 bits per heavy atom. The van der Waals surface area contributed by atoms with Crippen molar-refractivity contribution in [1.29, 1.82) is 0 Å². The lowest BCUT2D eigenvalue weighted by Gasteiger charge is -2.35. The van der Waals surface area contributed by atoms with E-state index in [9.17, 15) is 14.4 Å². The first-order valence-electron chi connectivity index (χ1n) is 9.22. The fraction of sp³-hybridized carbons (Fsp3) is 0.611. The molecule has 26 heavy (non-hydrogen) atoms. The number of nitrogens with zero attached hydrogens (tertiary/aromatic N) is 3. The molecule has 3 rings (SSSR count). The van der Waals surface area contributed by atoms with Gasteiger partial charge in [-0.05, 0) is 24.3 Å². The largest absolute Gasteiger partial charge is 0.351 e. The van der Waals surface area contributed by atoms with Gasteiger partial charge in [0.15, 0.2) is 0 Å². The molecule has 3 heterocycles. The highest BCUT2D eigenvalue weighted by Crippen LogP contribution is 2.10. The maximum Gasteiger partial charge on any atom is 0.252 e. The van der Waals surface area contributed by atoms with Crippen LogP contribution < -0.4 is 5.32 Å². The molecule has 142 valence electrons. The lowest BCUT2D eigenvalue weighted by molar-refractivity contribution is -0.134. The number of carbonyl (C=O) groups is 3. The van der Waals surface area contributed by atoms with Crippen LogP contribution in [0, 0.1) is 0 Å². The van der Waals surface area contributed by atoms with Crippen molar-refractivity contribution >= 4 is 29.1 Å². The Morgan fingerprint density at radius 1 is 0.962 bits per heavy atom. The van der Waals surface area contributed by atoms with E-state index in [2.05, 4.69) is 10.2 Å². The van der Waals surface area contributed by atoms with Gasteiger partial charge in [-0.3, -0.25) is 19.3 Å². The molecule has 0 aromatic carbocycles. The minimum Gasteiger partial charge on any atom is -0.351 e. The van der Waals surface area contributed by atoms with E-state index in [1.807, 2.05) is 15.2 Å². The standard InChI is InChI=1S/C18H26N4O3S/c23-16(3-5-19-18(25)15-4-12-26-14-15)22-10-8-20(9-11-22)13-17(24)21-6-1-2-7-21/h4,12,14H,1-3,5-11,13H2,(H,19,25). The second kappa shape index (κ2) is 9.14. The van der Waals surface area contributed by atoms with E-state index in [0.717, 1.165) is 39.0 Å². The Morgan fingerprint density at radius 2 is 1.65 bits per heavy atom. The first-order chi connectivity index (χ1) is 12.6. The number of hydrogen-bond donors (Lipinski definition) is 1. The van der Waals surface area contributed by atoms with Gasteiger partial charge in [0.1, 0.15) is 0 Å². The lowest BCUT2D eigenvalue weighted by Crippen LogP contribution is -2.51. The molecule has 0 radical (unpaired) electrons. The van der Waals surface area contributed by atoms with E-state index >= 15 is 0 Å². The zero-order valence-electron chi connectivity index (χ0n) is 15.0. The minimum absolute atomic E-state index is 0.0566. The van der Waals surface area contributed by atoms with Gasteiger partial charge in [0.05, 0.1) is 6.54 Å². The molecular weight excluding hydrogens is 352 g/mol. The summed E-state index contributed by atoms with van der Waals surface area (Å²) in [5, 5.41) is 6.43. The number of rotatable bonds is 6. The quantitative estimate of drug-likeness (QED) is 0.788. The van der Waals surface area contributed by atoms with Crippen LogP contribution in [0.25, 0.3) is 0 Å². The maximum atomic E-state index is 12.3. The molecule has 2 aliphatic rings. The molecular formula is C18H26N4O3S. The molecule has 0 bridgehead atoms. The van der Waals surface area contributed by atoms with E-state index in [-0.39, 0.29) is 17.7 Å². The van der Waals surface area contributed by atoms with Gasteiger partial charge >= 0.3 is 0 Å². The van der Waals surface area contributed by atoms with E-state index in [1.54, 1.807) is 11.4 Å². The third-order valence-electron chi connectivity index (χ3n) is 4.95. The summed E-state index contributed by atoms with van der Waals surface area (Å²) in [5.74, 6) is 0.129. The fourth-order valence-corrected chi connectivity index (χ4v) is 3.99. The number of likely N-dealkylation sites (tertiary alicyclic amines) is 1. The van der Waals surface area contributed by atoms with E-state index in [1.165, 1.54) is 11.3 Å². The van der Waals surface area contributed by atoms with Crippen molar-refractivity contribution in [3.63, 3.8) is 0 Å². The van der Waals surface area contributed by atoms with Crippen LogP contribution in [0.4, 0.5) is 0 Å². The Labute approximate surface area is 157 Å². The van der Waals surface area contributed by atoms with Crippen LogP contribution in [-0.2, 0) is 9.59 Å². The molecule has 8 heteroatoms. The van der Waals surface area contributed by atoms with Crippen LogP contribution in [0.5, 0.6) is 0 Å². The number of carbonyl (C=O) groups excluding carboxylic acids is 3. The van der Waals surface area contributed by atoms with Crippen LogP contribution in [-0.4, -0.2) is 84.8 Å². The summed E-state index contributed by atoms with van der Waals surface area (Å²) < 4.78 is 0. The van der Waals surface area contributed by atoms with Crippen molar-refractivity contribution in [2.45, 2.75) is 19.3 Å². The lowest BCUT2D eigenvalue weighted by atomic mass is 10.2. The SMILES string of the molecule is O=C(NCCC(=O)N1CCN(CC(=O)N2CCCC2)CC1)c1ccsc1. The number of amides is 3. The van der Waals surface area contributed by atoms with Gasteiger partial charge in [0.25, 0.3) is 5.91 Å². The molecule has 2 fully saturated rings. The number of thiophene rings is 1. The number of hydrogen-bond acceptors (Lipinski definition) is 5. The van der Waals surface area contributed by atoms with Crippen LogP contribution in [0.3, 0.4) is 0 Å². The van der Waals surface area contributed by atoms with Gasteiger partial charge in [-0.2, -0.15) is 11.3 Å². The van der Waals surface area contributed by atoms with Gasteiger partial charge in [0, 0.05) is 63.2 Å². The van der Waals surface area contributed by atoms with E-state index in [4.69, 9.17) is 0 Å². The van der Waals surface area contributed by atoms with Crippen molar-refractivity contribution in [2.75, 3.05) is 52.4 Å². The Bertz CT molecular complexity index is 620. The van der Waals surface area contributed by atoms with Gasteiger partial charge < -0.3 is 15.1 Å². The highest BCUT2D eigenvalue weighted by atomic mass is 32.1. The summed E-state index contributed by atoms with van der Waals surface area (Å²) in [5.41, 5.74) is 0.638. The Hall–Kier alpha value is -1.93. The third-order valence-corrected chi connectivity index (χ3v) is 5.63. The average molecular weight is 378 g/mol. The zero-order valence-corrected chi connectivity index (χ0v) is 15.8. The van der Waals surface area contributed by atoms with E-state index in [0.29, 0.717) is 38.2 Å². The molecule has 0 aliphatic carbocycles. The zero-order chi connectivity index (χ0) is 18.4. The average Bonchev–Trinajstić information content (AvgIpc) is 3.36. The monoisotopic (exact) mass is 378 g/mol. The van der Waals surface area contributed by atoms with Crippen molar-refractivity contribution < 1.29 is 14.4 Å². The predicted octanol–water partition coefficient (Wildman–Crippen LogP) is 0.635. The van der Waals surface area contributed by atoms with Gasteiger partial charge in [0.2, 0.25) is 11.8 Å². The first-order valence-corrected chi connectivity index (χ1v) is 10.2. The van der Waals surface area contributed by atoms with Gasteiger partial charge in [-0.25, -0.2) is 0 Å². The minimum atomic E-state index is -0.135. The molecule has 2 saturated heterocycles. The molecule has 1 aromatic heterocycles. The Balaban J connectivity index is 1.33. The first kappa shape index (κ1) is 18.8. The summed E-state index contributed by atoms with van der Waals surface area (Å²) in [6.45, 7) is 5.32. The molecule has 0 spiro atoms. The molecule has 2 aliphatic heterocycles. The summed E-state index contributed by atoms with van der Waals surface area (Å²) in [6, 6.07) is 1.77. The smallest absolute Gasteiger partial charge is 0.252 e. The van der Waals surface area contributed by atoms with Crippen LogP contribution in [0.2, 0.25) is 0 Å². The molecule has 0 saturated carbocycles. The number of piperazine rings is 1. The van der Waals surface area contributed by atoms with Crippen LogP contribution >= 0.6 is 11.3 Å². The number of nitrogens with one attached hydrogen (secondary N) is 1. The summed E-state index contributed by atoms with van der Waals surface area (Å²) in [4.78, 5) is 42.2. The van der Waals surface area contributed by atoms with Gasteiger partial charge in [-0.1, -0.05) is 0 Å². The second-order valence-corrected chi connectivity index (χ2v) is 7.54. The van der Waals surface area contributed by atoms with E-state index < -0.39 is 0 Å². The van der Waals surface area contributed by atoms with Crippen molar-refractivity contribution in [3.05, 3.63) is 22.4 Å². The normalized spacial score (nSPS) is 18.2. The predicted molar refractivity (Wildman–Crippen MR) is 100 cm³/mol. The van der Waals surface area contributed by atoms with Crippen molar-refractivity contribution in [2.24, 2.45) is 0 Å². The maximum absolute atomic E-state index is 12.3. The van der Waals surface area contributed by atoms with Crippen LogP contribution in [0.15, 0.2) is 16.8 Å². The van der Waals surface area contributed by atoms with Crippen LogP contribution in [0.1, 0.15) is 29.6 Å². The molecule has 0 unspecified atom stereocenters. The molecule has 7 nitrogen and oxygen atoms in total. The summed E-state index contributed by atoms with van der Waals surface area (Å²) >= 11 is 1.47. The van der Waals surface area contributed by atoms with Gasteiger partial charge in [-0.15, -0.1) is 0 Å². The molecule has 3 amide bonds. The third kappa shape index (κ3) is 5.04. The Kier molecular flexibility index (Phi) is 6.62. The van der Waals surface area contributed by atoms with Crippen molar-refractivity contribution in [1.82, 2.24) is 20.0 Å². The highest BCUT2D eigenvalue weighted by molar-refractivity contribution is 7.08. The topological polar surface area (TPSA) is 73.0 Å². The second-order valence-electron chi connectivity index (χ2n) is 6.76. The fourth-order valence-electron chi connectivity index (χ4n) is 3.35. The summed E-state index contributed by atoms with van der Waals surface area (Å²) in [6.07, 6.45) is 2.52. The highest BCUT2D eigenvalue weighted by Gasteiger charge is 2.25. The molecule has 1 aromatic rings. The molecule has 0 atom stereocenters. The molecule has 1 N–H and O–H groups in total. The van der Waals surface area contributed by atoms with Crippen molar-refractivity contribution in [3.8, 4) is 0 Å².